The molecule has 1 aromatic carbocycles. The highest BCUT2D eigenvalue weighted by atomic mass is 16.5. The molecule has 0 aliphatic heterocycles. The van der Waals surface area contributed by atoms with Gasteiger partial charge in [0.05, 0.1) is 0 Å². The zero-order chi connectivity index (χ0) is 12.3. The van der Waals surface area contributed by atoms with Gasteiger partial charge in [-0.3, -0.25) is 4.98 Å². The topological polar surface area (TPSA) is 48.1 Å². The maximum atomic E-state index is 5.74. The molecule has 0 spiro atoms. The van der Waals surface area contributed by atoms with Crippen molar-refractivity contribution >= 4 is 5.69 Å². The fourth-order valence-electron chi connectivity index (χ4n) is 1.69. The summed E-state index contributed by atoms with van der Waals surface area (Å²) < 4.78 is 5.74. The average molecular weight is 228 g/mol. The molecule has 88 valence electrons. The predicted octanol–water partition coefficient (Wildman–Crippen LogP) is 2.86. The van der Waals surface area contributed by atoms with E-state index in [1.807, 2.05) is 44.4 Å². The largest absolute Gasteiger partial charge is 0.489 e. The number of hydrogen-bond donors (Lipinski definition) is 1. The van der Waals surface area contributed by atoms with Crippen LogP contribution < -0.4 is 10.5 Å². The normalized spacial score (nSPS) is 10.2. The number of aryl methyl sites for hydroxylation is 2. The number of ether oxygens (including phenoxy) is 1. The van der Waals surface area contributed by atoms with Gasteiger partial charge in [-0.1, -0.05) is 0 Å². The van der Waals surface area contributed by atoms with Crippen molar-refractivity contribution in [1.29, 1.82) is 0 Å². The smallest absolute Gasteiger partial charge is 0.122 e. The van der Waals surface area contributed by atoms with Crippen molar-refractivity contribution in [2.45, 2.75) is 20.5 Å². The van der Waals surface area contributed by atoms with E-state index in [9.17, 15) is 0 Å². The Kier molecular flexibility index (Phi) is 3.28. The number of aromatic nitrogens is 1. The third-order valence-corrected chi connectivity index (χ3v) is 2.52. The van der Waals surface area contributed by atoms with Gasteiger partial charge in [-0.05, 0) is 49.2 Å². The van der Waals surface area contributed by atoms with Gasteiger partial charge in [0.2, 0.25) is 0 Å². The summed E-state index contributed by atoms with van der Waals surface area (Å²) in [6.07, 6.45) is 3.65. The summed E-state index contributed by atoms with van der Waals surface area (Å²) in [5.74, 6) is 0.862. The van der Waals surface area contributed by atoms with Crippen LogP contribution in [0.4, 0.5) is 5.69 Å². The number of anilines is 1. The molecular weight excluding hydrogens is 212 g/mol. The van der Waals surface area contributed by atoms with E-state index in [1.165, 1.54) is 0 Å². The van der Waals surface area contributed by atoms with Crippen LogP contribution in [-0.2, 0) is 6.61 Å². The van der Waals surface area contributed by atoms with E-state index in [0.29, 0.717) is 6.61 Å². The standard InChI is InChI=1S/C14H16N2O/c1-10-5-12(8-16-7-10)9-17-14-4-3-13(15)6-11(14)2/h3-8H,9,15H2,1-2H3. The summed E-state index contributed by atoms with van der Waals surface area (Å²) in [7, 11) is 0. The minimum atomic E-state index is 0.527. The molecule has 0 radical (unpaired) electrons. The second-order valence-electron chi connectivity index (χ2n) is 4.18. The summed E-state index contributed by atoms with van der Waals surface area (Å²) in [4.78, 5) is 4.13. The SMILES string of the molecule is Cc1cncc(COc2ccc(N)cc2C)c1. The first-order valence-corrected chi connectivity index (χ1v) is 5.54. The van der Waals surface area contributed by atoms with E-state index in [1.54, 1.807) is 0 Å². The van der Waals surface area contributed by atoms with E-state index in [2.05, 4.69) is 11.1 Å². The van der Waals surface area contributed by atoms with Crippen LogP contribution in [0.2, 0.25) is 0 Å². The van der Waals surface area contributed by atoms with Crippen molar-refractivity contribution in [2.75, 3.05) is 5.73 Å². The molecule has 17 heavy (non-hydrogen) atoms. The minimum absolute atomic E-state index is 0.527. The van der Waals surface area contributed by atoms with Gasteiger partial charge in [-0.15, -0.1) is 0 Å². The molecule has 0 fully saturated rings. The van der Waals surface area contributed by atoms with Gasteiger partial charge in [0, 0.05) is 23.6 Å². The lowest BCUT2D eigenvalue weighted by molar-refractivity contribution is 0.303. The summed E-state index contributed by atoms with van der Waals surface area (Å²) >= 11 is 0. The number of nitrogen functional groups attached to an aromatic ring is 1. The maximum absolute atomic E-state index is 5.74. The Morgan fingerprint density at radius 2 is 2.00 bits per heavy atom. The molecule has 0 saturated carbocycles. The predicted molar refractivity (Wildman–Crippen MR) is 68.9 cm³/mol. The molecule has 0 aliphatic rings. The Morgan fingerprint density at radius 3 is 2.71 bits per heavy atom. The van der Waals surface area contributed by atoms with Gasteiger partial charge >= 0.3 is 0 Å². The quantitative estimate of drug-likeness (QED) is 0.822. The highest BCUT2D eigenvalue weighted by Gasteiger charge is 2.01. The number of pyridine rings is 1. The number of nitrogens with two attached hydrogens (primary N) is 1. The summed E-state index contributed by atoms with van der Waals surface area (Å²) in [6.45, 7) is 4.53. The number of nitrogens with zero attached hydrogens (tertiary/aromatic N) is 1. The van der Waals surface area contributed by atoms with E-state index >= 15 is 0 Å². The van der Waals surface area contributed by atoms with Crippen LogP contribution in [0, 0.1) is 13.8 Å². The molecule has 0 saturated heterocycles. The van der Waals surface area contributed by atoms with Crippen LogP contribution in [0.5, 0.6) is 5.75 Å². The zero-order valence-corrected chi connectivity index (χ0v) is 10.1. The van der Waals surface area contributed by atoms with E-state index in [0.717, 1.165) is 28.1 Å². The number of rotatable bonds is 3. The van der Waals surface area contributed by atoms with Crippen molar-refractivity contribution in [2.24, 2.45) is 0 Å². The third kappa shape index (κ3) is 2.97. The molecule has 1 aromatic heterocycles. The van der Waals surface area contributed by atoms with E-state index in [-0.39, 0.29) is 0 Å². The van der Waals surface area contributed by atoms with Crippen molar-refractivity contribution in [3.63, 3.8) is 0 Å². The van der Waals surface area contributed by atoms with Crippen LogP contribution in [0.25, 0.3) is 0 Å². The summed E-state index contributed by atoms with van der Waals surface area (Å²) in [5, 5.41) is 0. The maximum Gasteiger partial charge on any atom is 0.122 e. The zero-order valence-electron chi connectivity index (χ0n) is 10.1. The molecule has 1 heterocycles. The van der Waals surface area contributed by atoms with Crippen molar-refractivity contribution < 1.29 is 4.74 Å². The van der Waals surface area contributed by atoms with Gasteiger partial charge in [-0.25, -0.2) is 0 Å². The third-order valence-electron chi connectivity index (χ3n) is 2.52. The molecular formula is C14H16N2O. The van der Waals surface area contributed by atoms with Crippen LogP contribution in [0.1, 0.15) is 16.7 Å². The lowest BCUT2D eigenvalue weighted by Crippen LogP contribution is -1.98. The second-order valence-corrected chi connectivity index (χ2v) is 4.18. The molecule has 2 aromatic rings. The Morgan fingerprint density at radius 1 is 1.18 bits per heavy atom. The van der Waals surface area contributed by atoms with E-state index < -0.39 is 0 Å². The van der Waals surface area contributed by atoms with Crippen molar-refractivity contribution in [3.05, 3.63) is 53.3 Å². The minimum Gasteiger partial charge on any atom is -0.489 e. The molecule has 0 atom stereocenters. The Hall–Kier alpha value is -2.03. The molecule has 2 N–H and O–H groups in total. The molecule has 2 rings (SSSR count). The van der Waals surface area contributed by atoms with Crippen LogP contribution in [0.3, 0.4) is 0 Å². The molecule has 0 aliphatic carbocycles. The van der Waals surface area contributed by atoms with Gasteiger partial charge in [0.15, 0.2) is 0 Å². The van der Waals surface area contributed by atoms with Gasteiger partial charge < -0.3 is 10.5 Å². The van der Waals surface area contributed by atoms with Gasteiger partial charge in [-0.2, -0.15) is 0 Å². The van der Waals surface area contributed by atoms with Crippen LogP contribution in [0.15, 0.2) is 36.7 Å². The molecule has 0 bridgehead atoms. The first-order valence-electron chi connectivity index (χ1n) is 5.54. The van der Waals surface area contributed by atoms with E-state index in [4.69, 9.17) is 10.5 Å². The number of hydrogen-bond acceptors (Lipinski definition) is 3. The fraction of sp³-hybridized carbons (Fsp3) is 0.214. The molecule has 0 amide bonds. The number of benzene rings is 1. The first kappa shape index (κ1) is 11.5. The Balaban J connectivity index is 2.07. The van der Waals surface area contributed by atoms with Crippen LogP contribution in [-0.4, -0.2) is 4.98 Å². The lowest BCUT2D eigenvalue weighted by atomic mass is 10.2. The molecule has 3 heteroatoms. The second kappa shape index (κ2) is 4.87. The Bertz CT molecular complexity index is 523. The lowest BCUT2D eigenvalue weighted by Gasteiger charge is -2.09. The van der Waals surface area contributed by atoms with Gasteiger partial charge in [0.25, 0.3) is 0 Å². The molecule has 3 nitrogen and oxygen atoms in total. The highest BCUT2D eigenvalue weighted by Crippen LogP contribution is 2.21. The fourth-order valence-corrected chi connectivity index (χ4v) is 1.69. The summed E-state index contributed by atoms with van der Waals surface area (Å²) in [5.41, 5.74) is 9.70. The monoisotopic (exact) mass is 228 g/mol. The van der Waals surface area contributed by atoms with Crippen LogP contribution >= 0.6 is 0 Å². The Labute approximate surface area is 101 Å². The molecule has 0 unspecified atom stereocenters. The summed E-state index contributed by atoms with van der Waals surface area (Å²) in [6, 6.07) is 7.72. The first-order chi connectivity index (χ1) is 8.15. The van der Waals surface area contributed by atoms with Gasteiger partial charge in [0.1, 0.15) is 12.4 Å². The van der Waals surface area contributed by atoms with Crippen molar-refractivity contribution in [3.8, 4) is 5.75 Å². The van der Waals surface area contributed by atoms with Crippen molar-refractivity contribution in [1.82, 2.24) is 4.98 Å². The highest BCUT2D eigenvalue weighted by molar-refractivity contribution is 5.47. The average Bonchev–Trinajstić information content (AvgIpc) is 2.28.